The number of hydrogen-bond donors (Lipinski definition) is 1. The lowest BCUT2D eigenvalue weighted by Crippen LogP contribution is -2.29. The minimum Gasteiger partial charge on any atom is -0.355 e. The highest BCUT2D eigenvalue weighted by Gasteiger charge is 2.47. The van der Waals surface area contributed by atoms with Crippen LogP contribution >= 0.6 is 0 Å². The van der Waals surface area contributed by atoms with Crippen LogP contribution in [-0.2, 0) is 5.41 Å². The molecule has 0 amide bonds. The summed E-state index contributed by atoms with van der Waals surface area (Å²) < 4.78 is 0. The van der Waals surface area contributed by atoms with E-state index < -0.39 is 5.41 Å². The molecule has 0 spiro atoms. The van der Waals surface area contributed by atoms with E-state index >= 15 is 0 Å². The summed E-state index contributed by atoms with van der Waals surface area (Å²) in [7, 11) is 0. The van der Waals surface area contributed by atoms with Gasteiger partial charge in [0.05, 0.1) is 11.1 Å². The van der Waals surface area contributed by atoms with Gasteiger partial charge in [0.25, 0.3) is 0 Å². The van der Waals surface area contributed by atoms with Crippen LogP contribution in [0.25, 0.3) is 32.9 Å². The largest absolute Gasteiger partial charge is 0.355 e. The third-order valence-corrected chi connectivity index (χ3v) is 6.93. The van der Waals surface area contributed by atoms with Crippen LogP contribution in [-0.4, -0.2) is 9.97 Å². The molecule has 0 radical (unpaired) electrons. The number of pyridine rings is 1. The quantitative estimate of drug-likeness (QED) is 0.325. The average molecular weight is 409 g/mol. The van der Waals surface area contributed by atoms with E-state index in [1.807, 2.05) is 12.3 Å². The zero-order chi connectivity index (χ0) is 21.1. The molecule has 1 N–H and O–H groups in total. The highest BCUT2D eigenvalue weighted by atomic mass is 14.7. The number of para-hydroxylation sites is 1. The fraction of sp³-hybridized carbons (Fsp3) is 0.0333. The van der Waals surface area contributed by atoms with Crippen LogP contribution in [0.15, 0.2) is 115 Å². The summed E-state index contributed by atoms with van der Waals surface area (Å²) in [6, 6.07) is 39.1. The molecule has 0 saturated heterocycles. The number of nitrogens with one attached hydrogen (secondary N) is 1. The number of aromatic amines is 1. The van der Waals surface area contributed by atoms with Crippen molar-refractivity contribution in [1.29, 1.82) is 0 Å². The number of fused-ring (bicyclic) bond motifs is 6. The van der Waals surface area contributed by atoms with Crippen molar-refractivity contribution in [2.24, 2.45) is 0 Å². The first-order valence-electron chi connectivity index (χ1n) is 11.0. The summed E-state index contributed by atoms with van der Waals surface area (Å²) >= 11 is 0. The second kappa shape index (κ2) is 6.41. The Labute approximate surface area is 186 Å². The summed E-state index contributed by atoms with van der Waals surface area (Å²) in [5.41, 5.74) is 9.29. The van der Waals surface area contributed by atoms with Gasteiger partial charge in [-0.05, 0) is 58.1 Å². The fourth-order valence-corrected chi connectivity index (χ4v) is 5.63. The number of H-pyrrole nitrogens is 1. The first kappa shape index (κ1) is 17.5. The molecule has 0 bridgehead atoms. The topological polar surface area (TPSA) is 28.7 Å². The third kappa shape index (κ3) is 2.16. The van der Waals surface area contributed by atoms with Crippen LogP contribution in [0.5, 0.6) is 0 Å². The van der Waals surface area contributed by atoms with E-state index in [1.54, 1.807) is 0 Å². The van der Waals surface area contributed by atoms with Gasteiger partial charge < -0.3 is 4.98 Å². The standard InChI is InChI=1S/C30H20N2/c1-2-10-20(11-3-1)30(29-16-8-9-17-31-29)25-14-6-4-12-21(25)23-18-24-22-13-5-7-15-27(22)32-28(24)19-26(23)30/h1-19,32H. The monoisotopic (exact) mass is 408 g/mol. The van der Waals surface area contributed by atoms with Crippen molar-refractivity contribution >= 4 is 21.8 Å². The summed E-state index contributed by atoms with van der Waals surface area (Å²) in [5.74, 6) is 0. The Balaban J connectivity index is 1.69. The Kier molecular flexibility index (Phi) is 3.51. The number of rotatable bonds is 2. The minimum absolute atomic E-state index is 0.458. The van der Waals surface area contributed by atoms with Crippen molar-refractivity contribution in [2.75, 3.05) is 0 Å². The van der Waals surface area contributed by atoms with Crippen molar-refractivity contribution in [1.82, 2.24) is 9.97 Å². The maximum atomic E-state index is 4.92. The highest BCUT2D eigenvalue weighted by molar-refractivity contribution is 6.10. The lowest BCUT2D eigenvalue weighted by atomic mass is 9.70. The average Bonchev–Trinajstić information content (AvgIpc) is 3.37. The second-order valence-electron chi connectivity index (χ2n) is 8.49. The zero-order valence-electron chi connectivity index (χ0n) is 17.4. The minimum atomic E-state index is -0.458. The van der Waals surface area contributed by atoms with Crippen LogP contribution in [0.3, 0.4) is 0 Å². The maximum absolute atomic E-state index is 4.92. The van der Waals surface area contributed by atoms with Crippen LogP contribution in [0.1, 0.15) is 22.4 Å². The Bertz CT molecular complexity index is 1570. The van der Waals surface area contributed by atoms with Crippen molar-refractivity contribution in [2.45, 2.75) is 5.41 Å². The number of nitrogens with zero attached hydrogens (tertiary/aromatic N) is 1. The predicted octanol–water partition coefficient (Wildman–Crippen LogP) is 7.08. The van der Waals surface area contributed by atoms with Gasteiger partial charge >= 0.3 is 0 Å². The Morgan fingerprint density at radius 3 is 2.22 bits per heavy atom. The van der Waals surface area contributed by atoms with E-state index in [4.69, 9.17) is 4.98 Å². The van der Waals surface area contributed by atoms with Crippen LogP contribution in [0.4, 0.5) is 0 Å². The molecule has 1 aliphatic carbocycles. The van der Waals surface area contributed by atoms with E-state index in [9.17, 15) is 0 Å². The van der Waals surface area contributed by atoms with Crippen molar-refractivity contribution in [3.05, 3.63) is 138 Å². The van der Waals surface area contributed by atoms with Gasteiger partial charge in [0, 0.05) is 28.0 Å². The van der Waals surface area contributed by atoms with Gasteiger partial charge in [-0.15, -0.1) is 0 Å². The van der Waals surface area contributed by atoms with Crippen molar-refractivity contribution < 1.29 is 0 Å². The normalized spacial score (nSPS) is 16.9. The first-order valence-corrected chi connectivity index (χ1v) is 11.0. The number of aromatic nitrogens is 2. The third-order valence-electron chi connectivity index (χ3n) is 6.93. The number of hydrogen-bond acceptors (Lipinski definition) is 1. The van der Waals surface area contributed by atoms with Gasteiger partial charge in [0.1, 0.15) is 0 Å². The van der Waals surface area contributed by atoms with Gasteiger partial charge in [-0.3, -0.25) is 4.98 Å². The van der Waals surface area contributed by atoms with Gasteiger partial charge in [-0.25, -0.2) is 0 Å². The van der Waals surface area contributed by atoms with E-state index in [0.717, 1.165) is 11.2 Å². The first-order chi connectivity index (χ1) is 15.9. The fourth-order valence-electron chi connectivity index (χ4n) is 5.63. The van der Waals surface area contributed by atoms with Crippen LogP contribution in [0.2, 0.25) is 0 Å². The molecule has 0 aliphatic heterocycles. The van der Waals surface area contributed by atoms with Crippen LogP contribution in [0, 0.1) is 0 Å². The highest BCUT2D eigenvalue weighted by Crippen LogP contribution is 2.56. The zero-order valence-corrected chi connectivity index (χ0v) is 17.4. The molecule has 150 valence electrons. The molecule has 1 aliphatic rings. The van der Waals surface area contributed by atoms with E-state index in [-0.39, 0.29) is 0 Å². The Hall–Kier alpha value is -4.17. The molecule has 1 atom stereocenters. The molecule has 2 nitrogen and oxygen atoms in total. The molecule has 1 unspecified atom stereocenters. The van der Waals surface area contributed by atoms with E-state index in [0.29, 0.717) is 0 Å². The SMILES string of the molecule is c1ccc(C2(c3ccccn3)c3ccccc3-c3cc4c(cc32)[nH]c2ccccc24)cc1. The lowest BCUT2D eigenvalue weighted by molar-refractivity contribution is 0.735. The molecule has 2 heterocycles. The second-order valence-corrected chi connectivity index (χ2v) is 8.49. The summed E-state index contributed by atoms with van der Waals surface area (Å²) in [4.78, 5) is 8.57. The van der Waals surface area contributed by atoms with Crippen LogP contribution < -0.4 is 0 Å². The molecule has 2 aromatic heterocycles. The molecule has 32 heavy (non-hydrogen) atoms. The molecule has 7 rings (SSSR count). The molecule has 2 heteroatoms. The van der Waals surface area contributed by atoms with Crippen molar-refractivity contribution in [3.8, 4) is 11.1 Å². The van der Waals surface area contributed by atoms with E-state index in [1.165, 1.54) is 44.1 Å². The Morgan fingerprint density at radius 1 is 0.562 bits per heavy atom. The number of benzene rings is 4. The molecular weight excluding hydrogens is 388 g/mol. The molecule has 4 aromatic carbocycles. The predicted molar refractivity (Wildman–Crippen MR) is 131 cm³/mol. The summed E-state index contributed by atoms with van der Waals surface area (Å²) in [5, 5.41) is 2.52. The molecular formula is C30H20N2. The smallest absolute Gasteiger partial charge is 0.0886 e. The maximum Gasteiger partial charge on any atom is 0.0886 e. The molecule has 0 fully saturated rings. The van der Waals surface area contributed by atoms with Crippen molar-refractivity contribution in [3.63, 3.8) is 0 Å². The van der Waals surface area contributed by atoms with Gasteiger partial charge in [-0.1, -0.05) is 78.9 Å². The summed E-state index contributed by atoms with van der Waals surface area (Å²) in [6.07, 6.45) is 1.90. The van der Waals surface area contributed by atoms with Gasteiger partial charge in [0.2, 0.25) is 0 Å². The Morgan fingerprint density at radius 2 is 1.34 bits per heavy atom. The molecule has 0 saturated carbocycles. The van der Waals surface area contributed by atoms with Gasteiger partial charge in [0.15, 0.2) is 0 Å². The van der Waals surface area contributed by atoms with E-state index in [2.05, 4.69) is 108 Å². The van der Waals surface area contributed by atoms with Gasteiger partial charge in [-0.2, -0.15) is 0 Å². The molecule has 6 aromatic rings. The lowest BCUT2D eigenvalue weighted by Gasteiger charge is -2.32. The summed E-state index contributed by atoms with van der Waals surface area (Å²) in [6.45, 7) is 0.